The maximum atomic E-state index is 12.5. The van der Waals surface area contributed by atoms with Crippen LogP contribution in [0.15, 0.2) is 47.4 Å². The Labute approximate surface area is 113 Å². The number of anilines is 3. The van der Waals surface area contributed by atoms with Crippen molar-refractivity contribution in [3.63, 3.8) is 0 Å². The van der Waals surface area contributed by atoms with Gasteiger partial charge in [0.15, 0.2) is 0 Å². The lowest BCUT2D eigenvalue weighted by atomic mass is 10.3. The van der Waals surface area contributed by atoms with Gasteiger partial charge in [0.2, 0.25) is 0 Å². The summed E-state index contributed by atoms with van der Waals surface area (Å²) in [7, 11) is 0. The van der Waals surface area contributed by atoms with Crippen LogP contribution in [-0.2, 0) is 0 Å². The van der Waals surface area contributed by atoms with Crippen molar-refractivity contribution < 1.29 is 8.78 Å². The summed E-state index contributed by atoms with van der Waals surface area (Å²) in [6.07, 6.45) is 0. The second-order valence-electron chi connectivity index (χ2n) is 3.55. The molecule has 0 saturated heterocycles. The molecule has 0 amide bonds. The zero-order chi connectivity index (χ0) is 13.7. The first-order chi connectivity index (χ1) is 9.19. The predicted octanol–water partition coefficient (Wildman–Crippen LogP) is 3.43. The van der Waals surface area contributed by atoms with Crippen LogP contribution in [-0.4, -0.2) is 10.7 Å². The van der Waals surface area contributed by atoms with Crippen LogP contribution in [0, 0.1) is 0 Å². The Kier molecular flexibility index (Phi) is 4.53. The molecule has 0 spiro atoms. The number of hydrogen-bond donors (Lipinski definition) is 3. The minimum absolute atomic E-state index is 0.463. The summed E-state index contributed by atoms with van der Waals surface area (Å²) >= 11 is 0.490. The molecule has 4 N–H and O–H groups in total. The molecule has 0 aliphatic carbocycles. The number of thioether (sulfide) groups is 1. The molecule has 0 radical (unpaired) electrons. The third kappa shape index (κ3) is 3.80. The highest BCUT2D eigenvalue weighted by Crippen LogP contribution is 2.33. The summed E-state index contributed by atoms with van der Waals surface area (Å²) in [5.74, 6) is 3.81. The minimum atomic E-state index is -2.46. The molecule has 0 aliphatic heterocycles. The van der Waals surface area contributed by atoms with Gasteiger partial charge in [-0.15, -0.1) is 0 Å². The van der Waals surface area contributed by atoms with Crippen molar-refractivity contribution in [1.82, 2.24) is 4.98 Å². The summed E-state index contributed by atoms with van der Waals surface area (Å²) < 4.78 is 24.9. The molecule has 0 saturated carbocycles. The molecule has 1 heterocycles. The summed E-state index contributed by atoms with van der Waals surface area (Å²) in [5.41, 5.74) is 3.00. The van der Waals surface area contributed by atoms with E-state index >= 15 is 0 Å². The molecule has 100 valence electrons. The van der Waals surface area contributed by atoms with Crippen molar-refractivity contribution >= 4 is 29.1 Å². The normalized spacial score (nSPS) is 10.5. The number of hydrazine groups is 1. The van der Waals surface area contributed by atoms with Crippen LogP contribution in [0.3, 0.4) is 0 Å². The highest BCUT2D eigenvalue weighted by atomic mass is 32.2. The Balaban J connectivity index is 2.22. The van der Waals surface area contributed by atoms with E-state index in [4.69, 9.17) is 5.84 Å². The van der Waals surface area contributed by atoms with Gasteiger partial charge in [-0.2, -0.15) is 8.78 Å². The van der Waals surface area contributed by atoms with E-state index in [0.29, 0.717) is 34.0 Å². The van der Waals surface area contributed by atoms with E-state index in [-0.39, 0.29) is 0 Å². The second kappa shape index (κ2) is 6.35. The number of aromatic nitrogens is 1. The van der Waals surface area contributed by atoms with Crippen molar-refractivity contribution in [1.29, 1.82) is 0 Å². The van der Waals surface area contributed by atoms with Crippen molar-refractivity contribution in [3.8, 4) is 0 Å². The number of para-hydroxylation sites is 1. The van der Waals surface area contributed by atoms with Gasteiger partial charge in [0.05, 0.1) is 5.69 Å². The third-order valence-corrected chi connectivity index (χ3v) is 3.05. The predicted molar refractivity (Wildman–Crippen MR) is 73.6 cm³/mol. The van der Waals surface area contributed by atoms with Gasteiger partial charge in [0.25, 0.3) is 5.76 Å². The molecule has 7 heteroatoms. The van der Waals surface area contributed by atoms with Crippen molar-refractivity contribution in [2.24, 2.45) is 5.84 Å². The summed E-state index contributed by atoms with van der Waals surface area (Å²) in [6.45, 7) is 0. The molecule has 2 aromatic rings. The Morgan fingerprint density at radius 3 is 2.53 bits per heavy atom. The largest absolute Gasteiger partial charge is 0.339 e. The lowest BCUT2D eigenvalue weighted by Gasteiger charge is -2.11. The SMILES string of the molecule is NNc1cccc(Nc2ccccc2SC(F)F)n1. The summed E-state index contributed by atoms with van der Waals surface area (Å²) in [5, 5.41) is 2.99. The lowest BCUT2D eigenvalue weighted by molar-refractivity contribution is 0.252. The fraction of sp³-hybridized carbons (Fsp3) is 0.0833. The molecule has 0 fully saturated rings. The average Bonchev–Trinajstić information content (AvgIpc) is 2.41. The van der Waals surface area contributed by atoms with Gasteiger partial charge < -0.3 is 10.7 Å². The molecule has 4 nitrogen and oxygen atoms in total. The van der Waals surface area contributed by atoms with Gasteiger partial charge in [-0.3, -0.25) is 0 Å². The minimum Gasteiger partial charge on any atom is -0.339 e. The van der Waals surface area contributed by atoms with Gasteiger partial charge in [-0.25, -0.2) is 10.8 Å². The number of nitrogens with zero attached hydrogens (tertiary/aromatic N) is 1. The number of nitrogens with two attached hydrogens (primary N) is 1. The quantitative estimate of drug-likeness (QED) is 0.445. The van der Waals surface area contributed by atoms with Crippen LogP contribution in [0.1, 0.15) is 0 Å². The maximum absolute atomic E-state index is 12.5. The Morgan fingerprint density at radius 1 is 1.05 bits per heavy atom. The maximum Gasteiger partial charge on any atom is 0.288 e. The van der Waals surface area contributed by atoms with E-state index in [1.54, 1.807) is 42.5 Å². The molecule has 1 aromatic heterocycles. The monoisotopic (exact) mass is 282 g/mol. The molecule has 2 rings (SSSR count). The summed E-state index contributed by atoms with van der Waals surface area (Å²) in [4.78, 5) is 4.63. The van der Waals surface area contributed by atoms with Crippen LogP contribution in [0.5, 0.6) is 0 Å². The number of rotatable bonds is 5. The van der Waals surface area contributed by atoms with Crippen molar-refractivity contribution in [2.45, 2.75) is 10.7 Å². The van der Waals surface area contributed by atoms with Crippen LogP contribution in [0.2, 0.25) is 0 Å². The zero-order valence-electron chi connectivity index (χ0n) is 9.81. The first-order valence-electron chi connectivity index (χ1n) is 5.43. The van der Waals surface area contributed by atoms with Crippen LogP contribution < -0.4 is 16.6 Å². The van der Waals surface area contributed by atoms with Crippen LogP contribution >= 0.6 is 11.8 Å². The molecule has 0 aliphatic rings. The molecule has 1 aromatic carbocycles. The molecule has 0 atom stereocenters. The lowest BCUT2D eigenvalue weighted by Crippen LogP contribution is -2.09. The number of alkyl halides is 2. The van der Waals surface area contributed by atoms with E-state index in [0.717, 1.165) is 0 Å². The number of nitrogen functional groups attached to an aromatic ring is 1. The number of pyridine rings is 1. The molecule has 19 heavy (non-hydrogen) atoms. The van der Waals surface area contributed by atoms with E-state index in [1.807, 2.05) is 0 Å². The fourth-order valence-corrected chi connectivity index (χ4v) is 2.09. The molecular formula is C12H12F2N4S. The number of benzene rings is 1. The topological polar surface area (TPSA) is 63.0 Å². The number of nitrogens with one attached hydrogen (secondary N) is 2. The van der Waals surface area contributed by atoms with Gasteiger partial charge in [-0.1, -0.05) is 30.0 Å². The first kappa shape index (κ1) is 13.6. The standard InChI is InChI=1S/C12H12F2N4S/c13-12(14)19-9-5-2-1-4-8(9)16-10-6-3-7-11(17-10)18-15/h1-7,12H,15H2,(H2,16,17,18). The smallest absolute Gasteiger partial charge is 0.288 e. The molecule has 0 bridgehead atoms. The van der Waals surface area contributed by atoms with E-state index in [9.17, 15) is 8.78 Å². The van der Waals surface area contributed by atoms with Gasteiger partial charge in [0.1, 0.15) is 11.6 Å². The number of halogens is 2. The Hall–Kier alpha value is -1.86. The van der Waals surface area contributed by atoms with Crippen LogP contribution in [0.25, 0.3) is 0 Å². The average molecular weight is 282 g/mol. The third-order valence-electron chi connectivity index (χ3n) is 2.26. The van der Waals surface area contributed by atoms with Gasteiger partial charge >= 0.3 is 0 Å². The highest BCUT2D eigenvalue weighted by molar-refractivity contribution is 7.99. The van der Waals surface area contributed by atoms with Crippen molar-refractivity contribution in [3.05, 3.63) is 42.5 Å². The first-order valence-corrected chi connectivity index (χ1v) is 6.31. The number of hydrogen-bond acceptors (Lipinski definition) is 5. The van der Waals surface area contributed by atoms with E-state index < -0.39 is 5.76 Å². The molecular weight excluding hydrogens is 270 g/mol. The highest BCUT2D eigenvalue weighted by Gasteiger charge is 2.10. The fourth-order valence-electron chi connectivity index (χ4n) is 1.49. The summed E-state index contributed by atoms with van der Waals surface area (Å²) in [6, 6.07) is 12.0. The zero-order valence-corrected chi connectivity index (χ0v) is 10.6. The Bertz CT molecular complexity index is 551. The molecule has 0 unspecified atom stereocenters. The van der Waals surface area contributed by atoms with E-state index in [2.05, 4.69) is 15.7 Å². The Morgan fingerprint density at radius 2 is 1.79 bits per heavy atom. The van der Waals surface area contributed by atoms with E-state index in [1.165, 1.54) is 0 Å². The van der Waals surface area contributed by atoms with Gasteiger partial charge in [0, 0.05) is 4.90 Å². The van der Waals surface area contributed by atoms with Gasteiger partial charge in [-0.05, 0) is 24.3 Å². The van der Waals surface area contributed by atoms with Crippen molar-refractivity contribution in [2.75, 3.05) is 10.7 Å². The second-order valence-corrected chi connectivity index (χ2v) is 4.58. The van der Waals surface area contributed by atoms with Crippen LogP contribution in [0.4, 0.5) is 26.1 Å².